The summed E-state index contributed by atoms with van der Waals surface area (Å²) in [7, 11) is 1.34. The molecule has 0 aliphatic carbocycles. The Hall–Kier alpha value is -2.04. The average Bonchev–Trinajstić information content (AvgIpc) is 2.39. The highest BCUT2D eigenvalue weighted by Gasteiger charge is 2.10. The van der Waals surface area contributed by atoms with E-state index in [1.54, 1.807) is 18.2 Å². The molecular formula is C14H20N2O3. The number of urea groups is 1. The van der Waals surface area contributed by atoms with Gasteiger partial charge in [0, 0.05) is 11.7 Å². The van der Waals surface area contributed by atoms with Crippen molar-refractivity contribution in [2.75, 3.05) is 12.4 Å². The summed E-state index contributed by atoms with van der Waals surface area (Å²) in [5.74, 6) is -0.390. The summed E-state index contributed by atoms with van der Waals surface area (Å²) < 4.78 is 4.64. The Morgan fingerprint density at radius 2 is 2.05 bits per heavy atom. The molecule has 5 nitrogen and oxygen atoms in total. The molecule has 0 spiro atoms. The lowest BCUT2D eigenvalue weighted by molar-refractivity contribution is 0.0600. The number of benzene rings is 1. The van der Waals surface area contributed by atoms with Crippen LogP contribution in [0.4, 0.5) is 10.5 Å². The van der Waals surface area contributed by atoms with E-state index in [1.807, 2.05) is 20.8 Å². The predicted octanol–water partition coefficient (Wildman–Crippen LogP) is 2.70. The van der Waals surface area contributed by atoms with E-state index in [0.717, 1.165) is 12.0 Å². The van der Waals surface area contributed by atoms with E-state index in [4.69, 9.17) is 0 Å². The van der Waals surface area contributed by atoms with Crippen molar-refractivity contribution >= 4 is 17.7 Å². The fourth-order valence-corrected chi connectivity index (χ4v) is 1.53. The molecule has 0 aromatic heterocycles. The lowest BCUT2D eigenvalue weighted by atomic mass is 10.1. The number of aryl methyl sites for hydroxylation is 1. The quantitative estimate of drug-likeness (QED) is 0.822. The molecule has 2 amide bonds. The van der Waals surface area contributed by atoms with Crippen molar-refractivity contribution in [1.29, 1.82) is 0 Å². The molecule has 2 N–H and O–H groups in total. The second kappa shape index (κ2) is 6.78. The molecule has 0 heterocycles. The van der Waals surface area contributed by atoms with E-state index < -0.39 is 5.97 Å². The third kappa shape index (κ3) is 4.28. The second-order valence-electron chi connectivity index (χ2n) is 4.43. The van der Waals surface area contributed by atoms with E-state index in [1.165, 1.54) is 7.11 Å². The zero-order valence-corrected chi connectivity index (χ0v) is 11.7. The smallest absolute Gasteiger partial charge is 0.337 e. The first-order chi connectivity index (χ1) is 8.97. The molecule has 1 aromatic carbocycles. The van der Waals surface area contributed by atoms with Crippen LogP contribution in [0.2, 0.25) is 0 Å². The van der Waals surface area contributed by atoms with Gasteiger partial charge >= 0.3 is 12.0 Å². The number of amides is 2. The van der Waals surface area contributed by atoms with Gasteiger partial charge in [0.25, 0.3) is 0 Å². The van der Waals surface area contributed by atoms with E-state index in [-0.39, 0.29) is 12.1 Å². The summed E-state index contributed by atoms with van der Waals surface area (Å²) in [5, 5.41) is 5.57. The number of carbonyl (C=O) groups is 2. The first-order valence-corrected chi connectivity index (χ1v) is 6.24. The summed E-state index contributed by atoms with van der Waals surface area (Å²) >= 11 is 0. The van der Waals surface area contributed by atoms with Crippen molar-refractivity contribution in [2.24, 2.45) is 0 Å². The van der Waals surface area contributed by atoms with Crippen molar-refractivity contribution < 1.29 is 14.3 Å². The number of hydrogen-bond acceptors (Lipinski definition) is 3. The highest BCUT2D eigenvalue weighted by atomic mass is 16.5. The molecule has 0 saturated heterocycles. The van der Waals surface area contributed by atoms with Gasteiger partial charge in [0.1, 0.15) is 0 Å². The molecule has 104 valence electrons. The largest absolute Gasteiger partial charge is 0.465 e. The fourth-order valence-electron chi connectivity index (χ4n) is 1.53. The highest BCUT2D eigenvalue weighted by Crippen LogP contribution is 2.17. The molecule has 0 aliphatic heterocycles. The van der Waals surface area contributed by atoms with Crippen molar-refractivity contribution in [2.45, 2.75) is 33.2 Å². The SMILES string of the molecule is CCC(C)NC(=O)Nc1ccc(C(=O)OC)cc1C. The maximum Gasteiger partial charge on any atom is 0.337 e. The summed E-state index contributed by atoms with van der Waals surface area (Å²) in [6.07, 6.45) is 0.869. The van der Waals surface area contributed by atoms with Crippen molar-refractivity contribution in [3.05, 3.63) is 29.3 Å². The van der Waals surface area contributed by atoms with E-state index >= 15 is 0 Å². The lowest BCUT2D eigenvalue weighted by Crippen LogP contribution is -2.35. The first-order valence-electron chi connectivity index (χ1n) is 6.24. The van der Waals surface area contributed by atoms with Crippen LogP contribution in [-0.4, -0.2) is 25.2 Å². The zero-order valence-electron chi connectivity index (χ0n) is 11.7. The van der Waals surface area contributed by atoms with Gasteiger partial charge in [-0.2, -0.15) is 0 Å². The molecule has 0 radical (unpaired) electrons. The Labute approximate surface area is 113 Å². The van der Waals surface area contributed by atoms with Gasteiger partial charge in [0.05, 0.1) is 12.7 Å². The molecule has 1 atom stereocenters. The van der Waals surface area contributed by atoms with E-state index in [0.29, 0.717) is 11.3 Å². The van der Waals surface area contributed by atoms with Gasteiger partial charge in [-0.25, -0.2) is 9.59 Å². The number of methoxy groups -OCH3 is 1. The minimum absolute atomic E-state index is 0.120. The standard InChI is InChI=1S/C14H20N2O3/c1-5-10(3)15-14(18)16-12-7-6-11(8-9(12)2)13(17)19-4/h6-8,10H,5H2,1-4H3,(H2,15,16,18). The number of hydrogen-bond donors (Lipinski definition) is 2. The topological polar surface area (TPSA) is 67.4 Å². The molecule has 0 saturated carbocycles. The Morgan fingerprint density at radius 3 is 2.58 bits per heavy atom. The van der Waals surface area contributed by atoms with Crippen LogP contribution in [0.15, 0.2) is 18.2 Å². The third-order valence-corrected chi connectivity index (χ3v) is 2.89. The van der Waals surface area contributed by atoms with Gasteiger partial charge in [-0.3, -0.25) is 0 Å². The molecule has 1 unspecified atom stereocenters. The van der Waals surface area contributed by atoms with Crippen LogP contribution in [0.25, 0.3) is 0 Å². The number of rotatable bonds is 4. The van der Waals surface area contributed by atoms with Crippen LogP contribution in [0.1, 0.15) is 36.2 Å². The molecule has 1 rings (SSSR count). The predicted molar refractivity (Wildman–Crippen MR) is 74.4 cm³/mol. The van der Waals surface area contributed by atoms with Gasteiger partial charge in [0.15, 0.2) is 0 Å². The monoisotopic (exact) mass is 264 g/mol. The van der Waals surface area contributed by atoms with Gasteiger partial charge in [0.2, 0.25) is 0 Å². The summed E-state index contributed by atoms with van der Waals surface area (Å²) in [5.41, 5.74) is 1.95. The maximum absolute atomic E-state index is 11.7. The van der Waals surface area contributed by atoms with Crippen LogP contribution in [0.3, 0.4) is 0 Å². The summed E-state index contributed by atoms with van der Waals surface area (Å²) in [6.45, 7) is 5.76. The van der Waals surface area contributed by atoms with E-state index in [9.17, 15) is 9.59 Å². The average molecular weight is 264 g/mol. The zero-order chi connectivity index (χ0) is 14.4. The maximum atomic E-state index is 11.7. The second-order valence-corrected chi connectivity index (χ2v) is 4.43. The summed E-state index contributed by atoms with van der Waals surface area (Å²) in [6, 6.07) is 4.87. The first kappa shape index (κ1) is 15.0. The van der Waals surface area contributed by atoms with Crippen molar-refractivity contribution in [3.63, 3.8) is 0 Å². The van der Waals surface area contributed by atoms with E-state index in [2.05, 4.69) is 15.4 Å². The highest BCUT2D eigenvalue weighted by molar-refractivity contribution is 5.93. The number of anilines is 1. The van der Waals surface area contributed by atoms with Crippen LogP contribution >= 0.6 is 0 Å². The minimum Gasteiger partial charge on any atom is -0.465 e. The lowest BCUT2D eigenvalue weighted by Gasteiger charge is -2.14. The number of esters is 1. The normalized spacial score (nSPS) is 11.6. The molecule has 19 heavy (non-hydrogen) atoms. The fraction of sp³-hybridized carbons (Fsp3) is 0.429. The number of nitrogens with one attached hydrogen (secondary N) is 2. The van der Waals surface area contributed by atoms with Crippen LogP contribution in [0, 0.1) is 6.92 Å². The van der Waals surface area contributed by atoms with Gasteiger partial charge < -0.3 is 15.4 Å². The van der Waals surface area contributed by atoms with Gasteiger partial charge in [-0.15, -0.1) is 0 Å². The van der Waals surface area contributed by atoms with Crippen molar-refractivity contribution in [3.8, 4) is 0 Å². The third-order valence-electron chi connectivity index (χ3n) is 2.89. The molecule has 0 fully saturated rings. The number of carbonyl (C=O) groups excluding carboxylic acids is 2. The van der Waals surface area contributed by atoms with Crippen LogP contribution in [0.5, 0.6) is 0 Å². The van der Waals surface area contributed by atoms with Gasteiger partial charge in [-0.1, -0.05) is 6.92 Å². The molecule has 5 heteroatoms. The van der Waals surface area contributed by atoms with Gasteiger partial charge in [-0.05, 0) is 44.0 Å². The molecule has 0 bridgehead atoms. The van der Waals surface area contributed by atoms with Crippen LogP contribution < -0.4 is 10.6 Å². The Kier molecular flexibility index (Phi) is 5.36. The molecular weight excluding hydrogens is 244 g/mol. The number of ether oxygens (including phenoxy) is 1. The Morgan fingerprint density at radius 1 is 1.37 bits per heavy atom. The van der Waals surface area contributed by atoms with Crippen molar-refractivity contribution in [1.82, 2.24) is 5.32 Å². The minimum atomic E-state index is -0.390. The Balaban J connectivity index is 2.75. The molecule has 0 aliphatic rings. The molecule has 1 aromatic rings. The summed E-state index contributed by atoms with van der Waals surface area (Å²) in [4.78, 5) is 23.1. The van der Waals surface area contributed by atoms with Crippen LogP contribution in [-0.2, 0) is 4.74 Å². The Bertz CT molecular complexity index is 472.